The average molecular weight is 254 g/mol. The summed E-state index contributed by atoms with van der Waals surface area (Å²) >= 11 is 0. The summed E-state index contributed by atoms with van der Waals surface area (Å²) in [5.74, 6) is 0. The second-order valence-corrected chi connectivity index (χ2v) is 4.03. The van der Waals surface area contributed by atoms with Gasteiger partial charge < -0.3 is 15.0 Å². The molecular weight excluding hydrogens is 232 g/mol. The summed E-state index contributed by atoms with van der Waals surface area (Å²) in [4.78, 5) is 13.8. The first-order chi connectivity index (χ1) is 8.69. The van der Waals surface area contributed by atoms with Gasteiger partial charge in [-0.1, -0.05) is 0 Å². The van der Waals surface area contributed by atoms with Crippen LogP contribution in [0.2, 0.25) is 0 Å². The Morgan fingerprint density at radius 1 is 1.50 bits per heavy atom. The second-order valence-electron chi connectivity index (χ2n) is 4.03. The number of nitrogens with zero attached hydrogens (tertiary/aromatic N) is 3. The molecule has 0 fully saturated rings. The highest BCUT2D eigenvalue weighted by Gasteiger charge is 2.02. The van der Waals surface area contributed by atoms with Gasteiger partial charge in [0, 0.05) is 39.9 Å². The fraction of sp³-hybridized carbons (Fsp3) is 0.667. The Morgan fingerprint density at radius 2 is 2.28 bits per heavy atom. The van der Waals surface area contributed by atoms with Crippen molar-refractivity contribution >= 4 is 5.69 Å². The molecule has 1 aromatic heterocycles. The van der Waals surface area contributed by atoms with Gasteiger partial charge in [0.1, 0.15) is 0 Å². The molecule has 18 heavy (non-hydrogen) atoms. The summed E-state index contributed by atoms with van der Waals surface area (Å²) in [5, 5.41) is 7.33. The van der Waals surface area contributed by atoms with Crippen molar-refractivity contribution in [2.24, 2.45) is 0 Å². The molecule has 102 valence electrons. The van der Waals surface area contributed by atoms with Crippen molar-refractivity contribution in [3.63, 3.8) is 0 Å². The van der Waals surface area contributed by atoms with E-state index in [1.807, 2.05) is 18.9 Å². The highest BCUT2D eigenvalue weighted by Crippen LogP contribution is 2.05. The van der Waals surface area contributed by atoms with Gasteiger partial charge in [0.05, 0.1) is 25.0 Å². The third kappa shape index (κ3) is 4.46. The summed E-state index contributed by atoms with van der Waals surface area (Å²) < 4.78 is 6.39. The molecule has 0 aliphatic rings. The fourth-order valence-electron chi connectivity index (χ4n) is 1.47. The summed E-state index contributed by atoms with van der Waals surface area (Å²) in [6, 6.07) is 1.62. The number of rotatable bonds is 8. The molecule has 0 aliphatic carbocycles. The van der Waals surface area contributed by atoms with Gasteiger partial charge in [-0.2, -0.15) is 5.10 Å². The number of ether oxygens (including phenoxy) is 1. The number of anilines is 1. The molecule has 6 heteroatoms. The van der Waals surface area contributed by atoms with Crippen LogP contribution in [0.3, 0.4) is 0 Å². The quantitative estimate of drug-likeness (QED) is 0.658. The minimum atomic E-state index is -0.0682. The predicted molar refractivity (Wildman–Crippen MR) is 72.2 cm³/mol. The van der Waals surface area contributed by atoms with Crippen LogP contribution in [0.5, 0.6) is 0 Å². The number of methoxy groups -OCH3 is 1. The maximum atomic E-state index is 11.8. The normalized spacial score (nSPS) is 10.6. The average Bonchev–Trinajstić information content (AvgIpc) is 2.39. The Labute approximate surface area is 108 Å². The van der Waals surface area contributed by atoms with Crippen LogP contribution in [0.15, 0.2) is 17.1 Å². The molecule has 1 heterocycles. The van der Waals surface area contributed by atoms with Crippen LogP contribution in [-0.4, -0.2) is 50.2 Å². The molecule has 1 aromatic rings. The van der Waals surface area contributed by atoms with Crippen molar-refractivity contribution in [2.75, 3.05) is 45.3 Å². The Kier molecular flexibility index (Phi) is 6.38. The van der Waals surface area contributed by atoms with Crippen molar-refractivity contribution in [1.82, 2.24) is 15.1 Å². The van der Waals surface area contributed by atoms with Gasteiger partial charge >= 0.3 is 0 Å². The zero-order valence-electron chi connectivity index (χ0n) is 11.3. The van der Waals surface area contributed by atoms with E-state index in [1.165, 1.54) is 4.68 Å². The molecule has 0 unspecified atom stereocenters. The lowest BCUT2D eigenvalue weighted by Gasteiger charge is -2.16. The summed E-state index contributed by atoms with van der Waals surface area (Å²) in [5.41, 5.74) is 0.785. The fourth-order valence-corrected chi connectivity index (χ4v) is 1.47. The van der Waals surface area contributed by atoms with Gasteiger partial charge in [-0.25, -0.2) is 4.68 Å². The molecule has 0 saturated heterocycles. The van der Waals surface area contributed by atoms with E-state index in [4.69, 9.17) is 4.74 Å². The predicted octanol–water partition coefficient (Wildman–Crippen LogP) is -0.0646. The van der Waals surface area contributed by atoms with Crippen LogP contribution in [0.1, 0.15) is 6.92 Å². The van der Waals surface area contributed by atoms with Crippen molar-refractivity contribution in [1.29, 1.82) is 0 Å². The Hall–Kier alpha value is -1.40. The van der Waals surface area contributed by atoms with Crippen LogP contribution in [0.25, 0.3) is 0 Å². The van der Waals surface area contributed by atoms with Crippen LogP contribution in [0.4, 0.5) is 5.69 Å². The highest BCUT2D eigenvalue weighted by molar-refractivity contribution is 5.41. The van der Waals surface area contributed by atoms with Crippen LogP contribution < -0.4 is 15.8 Å². The molecule has 0 bridgehead atoms. The monoisotopic (exact) mass is 254 g/mol. The van der Waals surface area contributed by atoms with E-state index in [0.29, 0.717) is 19.7 Å². The van der Waals surface area contributed by atoms with Gasteiger partial charge in [-0.15, -0.1) is 0 Å². The van der Waals surface area contributed by atoms with Gasteiger partial charge in [0.2, 0.25) is 0 Å². The molecule has 0 atom stereocenters. The lowest BCUT2D eigenvalue weighted by molar-refractivity contribution is 0.199. The zero-order chi connectivity index (χ0) is 13.4. The van der Waals surface area contributed by atoms with Gasteiger partial charge in [0.15, 0.2) is 0 Å². The van der Waals surface area contributed by atoms with E-state index >= 15 is 0 Å². The lowest BCUT2D eigenvalue weighted by atomic mass is 10.4. The Morgan fingerprint density at radius 3 is 2.89 bits per heavy atom. The minimum absolute atomic E-state index is 0.0682. The van der Waals surface area contributed by atoms with E-state index in [-0.39, 0.29) is 5.56 Å². The summed E-state index contributed by atoms with van der Waals surface area (Å²) in [6.45, 7) is 5.61. The van der Waals surface area contributed by atoms with Crippen LogP contribution >= 0.6 is 0 Å². The molecule has 0 amide bonds. The number of aromatic nitrogens is 2. The lowest BCUT2D eigenvalue weighted by Crippen LogP contribution is -2.31. The highest BCUT2D eigenvalue weighted by atomic mass is 16.5. The molecule has 0 aromatic carbocycles. The number of hydrogen-bond donors (Lipinski definition) is 1. The first kappa shape index (κ1) is 14.7. The Balaban J connectivity index is 2.50. The van der Waals surface area contributed by atoms with Crippen molar-refractivity contribution < 1.29 is 4.74 Å². The van der Waals surface area contributed by atoms with E-state index in [1.54, 1.807) is 19.4 Å². The van der Waals surface area contributed by atoms with Crippen LogP contribution in [-0.2, 0) is 11.3 Å². The second kappa shape index (κ2) is 7.84. The zero-order valence-corrected chi connectivity index (χ0v) is 11.3. The van der Waals surface area contributed by atoms with E-state index < -0.39 is 0 Å². The van der Waals surface area contributed by atoms with Gasteiger partial charge in [-0.05, 0) is 6.92 Å². The number of nitrogens with one attached hydrogen (secondary N) is 1. The molecule has 0 spiro atoms. The smallest absolute Gasteiger partial charge is 0.268 e. The van der Waals surface area contributed by atoms with Crippen LogP contribution in [0, 0.1) is 0 Å². The third-order valence-electron chi connectivity index (χ3n) is 2.75. The van der Waals surface area contributed by atoms with Crippen molar-refractivity contribution in [3.05, 3.63) is 22.6 Å². The Bertz CT molecular complexity index is 405. The topological polar surface area (TPSA) is 59.4 Å². The van der Waals surface area contributed by atoms with Gasteiger partial charge in [0.25, 0.3) is 5.56 Å². The van der Waals surface area contributed by atoms with E-state index in [0.717, 1.165) is 18.8 Å². The van der Waals surface area contributed by atoms with E-state index in [9.17, 15) is 4.79 Å². The molecule has 0 radical (unpaired) electrons. The SMILES string of the molecule is CCN(C)c1cnn(CCNCCOC)c(=O)c1. The van der Waals surface area contributed by atoms with E-state index in [2.05, 4.69) is 10.4 Å². The maximum Gasteiger partial charge on any atom is 0.268 e. The molecule has 0 aliphatic heterocycles. The first-order valence-corrected chi connectivity index (χ1v) is 6.17. The van der Waals surface area contributed by atoms with Crippen molar-refractivity contribution in [2.45, 2.75) is 13.5 Å². The maximum absolute atomic E-state index is 11.8. The molecule has 1 N–H and O–H groups in total. The molecular formula is C12H22N4O2. The molecule has 1 rings (SSSR count). The third-order valence-corrected chi connectivity index (χ3v) is 2.75. The van der Waals surface area contributed by atoms with Gasteiger partial charge in [-0.3, -0.25) is 4.79 Å². The minimum Gasteiger partial charge on any atom is -0.383 e. The largest absolute Gasteiger partial charge is 0.383 e. The van der Waals surface area contributed by atoms with Crippen molar-refractivity contribution in [3.8, 4) is 0 Å². The summed E-state index contributed by atoms with van der Waals surface area (Å²) in [6.07, 6.45) is 1.72. The first-order valence-electron chi connectivity index (χ1n) is 6.17. The molecule has 6 nitrogen and oxygen atoms in total. The number of hydrogen-bond acceptors (Lipinski definition) is 5. The summed E-state index contributed by atoms with van der Waals surface area (Å²) in [7, 11) is 3.60. The molecule has 0 saturated carbocycles. The standard InChI is InChI=1S/C12H22N4O2/c1-4-15(2)11-9-12(17)16(14-10-11)7-5-13-6-8-18-3/h9-10,13H,4-8H2,1-3H3.